The summed E-state index contributed by atoms with van der Waals surface area (Å²) in [6, 6.07) is 11.9. The molecule has 2 aliphatic rings. The molecule has 0 radical (unpaired) electrons. The minimum Gasteiger partial charge on any atom is -0.360 e. The molecule has 2 aliphatic heterocycles. The summed E-state index contributed by atoms with van der Waals surface area (Å²) >= 11 is 3.36. The van der Waals surface area contributed by atoms with Crippen LogP contribution in [0, 0.1) is 0 Å². The Kier molecular flexibility index (Phi) is 5.59. The topological polar surface area (TPSA) is 45.1 Å². The second-order valence-corrected chi connectivity index (χ2v) is 8.41. The van der Waals surface area contributed by atoms with Crippen LogP contribution in [0.1, 0.15) is 12.0 Å². The Morgan fingerprint density at radius 2 is 1.63 bits per heavy atom. The summed E-state index contributed by atoms with van der Waals surface area (Å²) in [5.74, 6) is -0.448. The third-order valence-electron chi connectivity index (χ3n) is 5.65. The number of hydrogen-bond acceptors (Lipinski definition) is 3. The lowest BCUT2D eigenvalue weighted by atomic mass is 10.1. The normalized spacial score (nSPS) is 20.9. The van der Waals surface area contributed by atoms with Gasteiger partial charge in [-0.05, 0) is 36.4 Å². The van der Waals surface area contributed by atoms with E-state index in [9.17, 15) is 22.8 Å². The van der Waals surface area contributed by atoms with Crippen molar-refractivity contribution in [3.05, 3.63) is 58.6 Å². The van der Waals surface area contributed by atoms with Crippen molar-refractivity contribution in [2.75, 3.05) is 36.0 Å². The second-order valence-electron chi connectivity index (χ2n) is 7.50. The van der Waals surface area contributed by atoms with Gasteiger partial charge in [-0.1, -0.05) is 28.1 Å². The van der Waals surface area contributed by atoms with Gasteiger partial charge in [0, 0.05) is 10.2 Å². The van der Waals surface area contributed by atoms with Crippen LogP contribution in [0.4, 0.5) is 24.5 Å². The first kappa shape index (κ1) is 20.9. The van der Waals surface area contributed by atoms with Crippen LogP contribution in [0.2, 0.25) is 0 Å². The molecule has 0 aromatic heterocycles. The van der Waals surface area contributed by atoms with Crippen molar-refractivity contribution in [2.45, 2.75) is 18.6 Å². The molecular weight excluding hydrogens is 463 g/mol. The summed E-state index contributed by atoms with van der Waals surface area (Å²) in [7, 11) is 0. The Labute approximate surface area is 180 Å². The van der Waals surface area contributed by atoms with Crippen LogP contribution in [0.25, 0.3) is 0 Å². The molecule has 1 atom stereocenters. The minimum absolute atomic E-state index is 0.143. The highest BCUT2D eigenvalue weighted by Gasteiger charge is 2.46. The van der Waals surface area contributed by atoms with Crippen molar-refractivity contribution < 1.29 is 27.7 Å². The molecule has 1 N–H and O–H groups in total. The van der Waals surface area contributed by atoms with E-state index in [4.69, 9.17) is 0 Å². The lowest BCUT2D eigenvalue weighted by Crippen LogP contribution is -3.19. The largest absolute Gasteiger partial charge is 0.416 e. The number of benzene rings is 2. The SMILES string of the molecule is O=C1C[C@@H]([NH+]2CCN(c3cccc(C(F)(F)F)c3)CC2)C(=O)N1c1cccc(Br)c1. The average Bonchev–Trinajstić information content (AvgIpc) is 3.01. The third kappa shape index (κ3) is 4.09. The first-order chi connectivity index (χ1) is 14.2. The van der Waals surface area contributed by atoms with Gasteiger partial charge < -0.3 is 9.80 Å². The maximum atomic E-state index is 13.0. The monoisotopic (exact) mass is 482 g/mol. The number of rotatable bonds is 3. The smallest absolute Gasteiger partial charge is 0.360 e. The molecule has 2 fully saturated rings. The van der Waals surface area contributed by atoms with Crippen LogP contribution < -0.4 is 14.7 Å². The molecule has 0 aliphatic carbocycles. The predicted molar refractivity (Wildman–Crippen MR) is 109 cm³/mol. The number of alkyl halides is 3. The van der Waals surface area contributed by atoms with Gasteiger partial charge in [0.1, 0.15) is 0 Å². The number of halogens is 4. The number of nitrogens with one attached hydrogen (secondary N) is 1. The highest BCUT2D eigenvalue weighted by atomic mass is 79.9. The van der Waals surface area contributed by atoms with Gasteiger partial charge in [-0.25, -0.2) is 4.90 Å². The fraction of sp³-hybridized carbons (Fsp3) is 0.333. The molecule has 5 nitrogen and oxygen atoms in total. The Bertz CT molecular complexity index is 974. The highest BCUT2D eigenvalue weighted by molar-refractivity contribution is 9.10. The summed E-state index contributed by atoms with van der Waals surface area (Å²) in [6.07, 6.45) is -4.24. The number of anilines is 2. The lowest BCUT2D eigenvalue weighted by molar-refractivity contribution is -0.915. The molecule has 2 aromatic rings. The number of quaternary nitrogens is 1. The molecule has 30 heavy (non-hydrogen) atoms. The molecule has 0 unspecified atom stereocenters. The van der Waals surface area contributed by atoms with Gasteiger partial charge in [-0.3, -0.25) is 9.59 Å². The number of carbonyl (C=O) groups excluding carboxylic acids is 2. The highest BCUT2D eigenvalue weighted by Crippen LogP contribution is 2.31. The molecule has 9 heteroatoms. The quantitative estimate of drug-likeness (QED) is 0.683. The molecule has 2 saturated heterocycles. The molecule has 0 bridgehead atoms. The summed E-state index contributed by atoms with van der Waals surface area (Å²) < 4.78 is 39.7. The van der Waals surface area contributed by atoms with Crippen molar-refractivity contribution in [3.8, 4) is 0 Å². The summed E-state index contributed by atoms with van der Waals surface area (Å²) in [6.45, 7) is 2.19. The molecule has 2 aromatic carbocycles. The Morgan fingerprint density at radius 1 is 0.967 bits per heavy atom. The van der Waals surface area contributed by atoms with E-state index >= 15 is 0 Å². The van der Waals surface area contributed by atoms with Crippen molar-refractivity contribution in [1.82, 2.24) is 0 Å². The minimum atomic E-state index is -4.38. The fourth-order valence-electron chi connectivity index (χ4n) is 4.12. The fourth-order valence-corrected chi connectivity index (χ4v) is 4.50. The maximum absolute atomic E-state index is 13.0. The first-order valence-corrected chi connectivity index (χ1v) is 10.4. The predicted octanol–water partition coefficient (Wildman–Crippen LogP) is 2.50. The summed E-state index contributed by atoms with van der Waals surface area (Å²) in [5.41, 5.74) is 0.397. The maximum Gasteiger partial charge on any atom is 0.416 e. The summed E-state index contributed by atoms with van der Waals surface area (Å²) in [4.78, 5) is 29.6. The van der Waals surface area contributed by atoms with Crippen LogP contribution in [-0.2, 0) is 15.8 Å². The van der Waals surface area contributed by atoms with E-state index < -0.39 is 17.8 Å². The van der Waals surface area contributed by atoms with Crippen molar-refractivity contribution in [2.24, 2.45) is 0 Å². The van der Waals surface area contributed by atoms with Crippen molar-refractivity contribution >= 4 is 39.1 Å². The van der Waals surface area contributed by atoms with Crippen molar-refractivity contribution in [3.63, 3.8) is 0 Å². The van der Waals surface area contributed by atoms with Gasteiger partial charge in [0.25, 0.3) is 5.91 Å². The van der Waals surface area contributed by atoms with E-state index in [-0.39, 0.29) is 18.2 Å². The lowest BCUT2D eigenvalue weighted by Gasteiger charge is -2.35. The number of amides is 2. The van der Waals surface area contributed by atoms with Crippen LogP contribution in [0.3, 0.4) is 0 Å². The van der Waals surface area contributed by atoms with Crippen LogP contribution >= 0.6 is 15.9 Å². The number of imide groups is 1. The number of piperazine rings is 1. The van der Waals surface area contributed by atoms with Crippen molar-refractivity contribution in [1.29, 1.82) is 0 Å². The van der Waals surface area contributed by atoms with Gasteiger partial charge in [0.2, 0.25) is 5.91 Å². The Hall–Kier alpha value is -2.39. The van der Waals surface area contributed by atoms with Gasteiger partial charge in [0.15, 0.2) is 6.04 Å². The number of nitrogens with zero attached hydrogens (tertiary/aromatic N) is 2. The van der Waals surface area contributed by atoms with E-state index in [0.717, 1.165) is 21.5 Å². The van der Waals surface area contributed by atoms with Gasteiger partial charge in [-0.2, -0.15) is 13.2 Å². The molecule has 0 spiro atoms. The third-order valence-corrected chi connectivity index (χ3v) is 6.14. The van der Waals surface area contributed by atoms with Gasteiger partial charge in [-0.15, -0.1) is 0 Å². The Morgan fingerprint density at radius 3 is 2.30 bits per heavy atom. The molecular formula is C21H20BrF3N3O2+. The van der Waals surface area contributed by atoms with E-state index in [1.165, 1.54) is 11.0 Å². The molecule has 4 rings (SSSR count). The number of carbonyl (C=O) groups is 2. The molecule has 158 valence electrons. The summed E-state index contributed by atoms with van der Waals surface area (Å²) in [5, 5.41) is 0. The Balaban J connectivity index is 1.44. The van der Waals surface area contributed by atoms with Gasteiger partial charge in [0.05, 0.1) is 43.9 Å². The first-order valence-electron chi connectivity index (χ1n) is 9.63. The van der Waals surface area contributed by atoms with Gasteiger partial charge >= 0.3 is 6.18 Å². The zero-order valence-corrected chi connectivity index (χ0v) is 17.5. The van der Waals surface area contributed by atoms with Crippen LogP contribution in [0.15, 0.2) is 53.0 Å². The standard InChI is InChI=1S/C21H19BrF3N3O2/c22-15-4-2-6-17(12-15)28-19(29)13-18(20(28)30)27-9-7-26(8-10-27)16-5-1-3-14(11-16)21(23,24)25/h1-6,11-12,18H,7-10,13H2/p+1/t18-/m1/s1. The zero-order chi connectivity index (χ0) is 21.5. The zero-order valence-electron chi connectivity index (χ0n) is 16.0. The van der Waals surface area contributed by atoms with Crippen LogP contribution in [0.5, 0.6) is 0 Å². The average molecular weight is 483 g/mol. The van der Waals surface area contributed by atoms with E-state index in [1.807, 2.05) is 11.0 Å². The molecule has 2 amide bonds. The van der Waals surface area contributed by atoms with E-state index in [2.05, 4.69) is 15.9 Å². The van der Waals surface area contributed by atoms with E-state index in [0.29, 0.717) is 37.6 Å². The van der Waals surface area contributed by atoms with Crippen LogP contribution in [-0.4, -0.2) is 44.0 Å². The second kappa shape index (κ2) is 8.03. The molecule has 0 saturated carbocycles. The van der Waals surface area contributed by atoms with E-state index in [1.54, 1.807) is 24.3 Å². The number of hydrogen-bond donors (Lipinski definition) is 1. The molecule has 2 heterocycles.